The zero-order valence-electron chi connectivity index (χ0n) is 18.8. The van der Waals surface area contributed by atoms with Crippen molar-refractivity contribution in [3.8, 4) is 0 Å². The van der Waals surface area contributed by atoms with Crippen molar-refractivity contribution in [1.82, 2.24) is 4.98 Å². The number of anilines is 2. The van der Waals surface area contributed by atoms with Crippen LogP contribution in [0.15, 0.2) is 18.2 Å². The molecule has 2 aromatic rings. The zero-order valence-corrected chi connectivity index (χ0v) is 18.8. The molecule has 10 heteroatoms. The summed E-state index contributed by atoms with van der Waals surface area (Å²) >= 11 is 0. The highest BCUT2D eigenvalue weighted by molar-refractivity contribution is 6.03. The number of benzene rings is 1. The Morgan fingerprint density at radius 1 is 1.09 bits per heavy atom. The smallest absolute Gasteiger partial charge is 0.412 e. The van der Waals surface area contributed by atoms with Crippen molar-refractivity contribution in [3.63, 3.8) is 0 Å². The van der Waals surface area contributed by atoms with Crippen molar-refractivity contribution in [3.05, 3.63) is 46.5 Å². The first-order valence-corrected chi connectivity index (χ1v) is 9.72. The molecule has 0 aliphatic rings. The number of carbonyl (C=O) groups excluding carboxylic acids is 4. The van der Waals surface area contributed by atoms with E-state index in [1.165, 1.54) is 20.1 Å². The number of aromatic amines is 1. The number of ketones is 1. The number of ether oxygens (including phenoxy) is 2. The van der Waals surface area contributed by atoms with E-state index in [0.29, 0.717) is 5.56 Å². The second-order valence-electron chi connectivity index (χ2n) is 8.07. The summed E-state index contributed by atoms with van der Waals surface area (Å²) in [5, 5.41) is 4.97. The Kier molecular flexibility index (Phi) is 7.40. The molecule has 0 aliphatic heterocycles. The van der Waals surface area contributed by atoms with Crippen molar-refractivity contribution in [2.24, 2.45) is 0 Å². The second-order valence-corrected chi connectivity index (χ2v) is 8.07. The van der Waals surface area contributed by atoms with Gasteiger partial charge in [0.2, 0.25) is 5.91 Å². The van der Waals surface area contributed by atoms with Gasteiger partial charge in [-0.3, -0.25) is 14.9 Å². The predicted molar refractivity (Wildman–Crippen MR) is 115 cm³/mol. The Balaban J connectivity index is 2.28. The van der Waals surface area contributed by atoms with Crippen molar-refractivity contribution in [2.45, 2.75) is 46.6 Å². The molecule has 9 nitrogen and oxygen atoms in total. The molecule has 1 aromatic heterocycles. The molecule has 32 heavy (non-hydrogen) atoms. The fourth-order valence-electron chi connectivity index (χ4n) is 3.02. The van der Waals surface area contributed by atoms with Crippen LogP contribution >= 0.6 is 0 Å². The number of hydrogen-bond acceptors (Lipinski definition) is 6. The molecule has 2 amide bonds. The summed E-state index contributed by atoms with van der Waals surface area (Å²) in [7, 11) is 1.19. The SMILES string of the molecule is COC(=O)c1c(CC(=O)Nc2cc(F)ccc2NC(=O)OC(C)(C)C)[nH]c(C(C)=O)c1C. The standard InChI is InChI=1S/C22H26FN3O6/c1-11-18(20(29)31-6)16(25-19(11)12(2)27)10-17(28)24-15-9-13(23)7-8-14(15)26-21(30)32-22(3,4)5/h7-9,25H,10H2,1-6H3,(H,24,28)(H,26,30). The lowest BCUT2D eigenvalue weighted by molar-refractivity contribution is -0.115. The summed E-state index contributed by atoms with van der Waals surface area (Å²) in [5.41, 5.74) is 0.174. The van der Waals surface area contributed by atoms with Gasteiger partial charge in [0.15, 0.2) is 5.78 Å². The van der Waals surface area contributed by atoms with Gasteiger partial charge in [0.05, 0.1) is 36.2 Å². The third-order valence-corrected chi connectivity index (χ3v) is 4.30. The molecule has 0 radical (unpaired) electrons. The minimum Gasteiger partial charge on any atom is -0.465 e. The largest absolute Gasteiger partial charge is 0.465 e. The Morgan fingerprint density at radius 2 is 1.75 bits per heavy atom. The summed E-state index contributed by atoms with van der Waals surface area (Å²) in [6.45, 7) is 7.95. The van der Waals surface area contributed by atoms with Crippen LogP contribution in [0.4, 0.5) is 20.6 Å². The van der Waals surface area contributed by atoms with Gasteiger partial charge >= 0.3 is 12.1 Å². The topological polar surface area (TPSA) is 127 Å². The van der Waals surface area contributed by atoms with E-state index in [4.69, 9.17) is 9.47 Å². The first-order valence-electron chi connectivity index (χ1n) is 9.72. The third kappa shape index (κ3) is 6.16. The molecule has 0 aliphatic carbocycles. The molecule has 0 fully saturated rings. The monoisotopic (exact) mass is 447 g/mol. The molecule has 0 unspecified atom stereocenters. The molecule has 0 bridgehead atoms. The maximum Gasteiger partial charge on any atom is 0.412 e. The van der Waals surface area contributed by atoms with Crippen LogP contribution in [-0.4, -0.2) is 41.4 Å². The summed E-state index contributed by atoms with van der Waals surface area (Å²) in [4.78, 5) is 51.5. The fraction of sp³-hybridized carbons (Fsp3) is 0.364. The summed E-state index contributed by atoms with van der Waals surface area (Å²) in [5.74, 6) is -2.27. The number of H-pyrrole nitrogens is 1. The number of hydrogen-bond donors (Lipinski definition) is 3. The lowest BCUT2D eigenvalue weighted by Gasteiger charge is -2.20. The van der Waals surface area contributed by atoms with Crippen LogP contribution in [0, 0.1) is 12.7 Å². The van der Waals surface area contributed by atoms with Gasteiger partial charge in [-0.2, -0.15) is 0 Å². The van der Waals surface area contributed by atoms with Crippen LogP contribution in [0.3, 0.4) is 0 Å². The Morgan fingerprint density at radius 3 is 2.31 bits per heavy atom. The first-order chi connectivity index (χ1) is 14.8. The van der Waals surface area contributed by atoms with Crippen LogP contribution in [0.1, 0.15) is 59.8 Å². The van der Waals surface area contributed by atoms with Gasteiger partial charge < -0.3 is 19.8 Å². The van der Waals surface area contributed by atoms with E-state index in [1.807, 2.05) is 0 Å². The van der Waals surface area contributed by atoms with Crippen LogP contribution in [0.25, 0.3) is 0 Å². The number of amides is 2. The maximum absolute atomic E-state index is 13.8. The predicted octanol–water partition coefficient (Wildman–Crippen LogP) is 3.98. The number of halogens is 1. The minimum absolute atomic E-state index is 0.00412. The van der Waals surface area contributed by atoms with E-state index in [0.717, 1.165) is 12.1 Å². The summed E-state index contributed by atoms with van der Waals surface area (Å²) in [6.07, 6.45) is -1.11. The molecule has 0 atom stereocenters. The first kappa shape index (κ1) is 24.6. The molecule has 0 spiro atoms. The van der Waals surface area contributed by atoms with E-state index in [2.05, 4.69) is 15.6 Å². The number of aromatic nitrogens is 1. The Bertz CT molecular complexity index is 1070. The van der Waals surface area contributed by atoms with Crippen LogP contribution in [0.5, 0.6) is 0 Å². The van der Waals surface area contributed by atoms with Gasteiger partial charge in [-0.1, -0.05) is 0 Å². The van der Waals surface area contributed by atoms with E-state index in [1.54, 1.807) is 27.7 Å². The summed E-state index contributed by atoms with van der Waals surface area (Å²) in [6, 6.07) is 3.43. The van der Waals surface area contributed by atoms with Gasteiger partial charge in [0, 0.05) is 12.6 Å². The molecule has 0 saturated heterocycles. The average Bonchev–Trinajstić information content (AvgIpc) is 2.98. The number of rotatable bonds is 6. The Labute approximate surface area is 184 Å². The van der Waals surface area contributed by atoms with Crippen molar-refractivity contribution in [1.29, 1.82) is 0 Å². The van der Waals surface area contributed by atoms with E-state index in [9.17, 15) is 23.6 Å². The van der Waals surface area contributed by atoms with Crippen molar-refractivity contribution >= 4 is 35.1 Å². The minimum atomic E-state index is -0.779. The molecule has 1 heterocycles. The fourth-order valence-corrected chi connectivity index (χ4v) is 3.02. The van der Waals surface area contributed by atoms with E-state index < -0.39 is 29.4 Å². The molecule has 3 N–H and O–H groups in total. The van der Waals surface area contributed by atoms with Crippen LogP contribution < -0.4 is 10.6 Å². The third-order valence-electron chi connectivity index (χ3n) is 4.30. The summed E-state index contributed by atoms with van der Waals surface area (Å²) < 4.78 is 23.7. The van der Waals surface area contributed by atoms with E-state index >= 15 is 0 Å². The molecule has 0 saturated carbocycles. The molecule has 2 rings (SSSR count). The van der Waals surface area contributed by atoms with Gasteiger partial charge in [0.25, 0.3) is 0 Å². The molecule has 172 valence electrons. The normalized spacial score (nSPS) is 11.0. The van der Waals surface area contributed by atoms with Crippen LogP contribution in [0.2, 0.25) is 0 Å². The zero-order chi connectivity index (χ0) is 24.2. The highest BCUT2D eigenvalue weighted by Gasteiger charge is 2.25. The van der Waals surface area contributed by atoms with Crippen LogP contribution in [-0.2, 0) is 20.7 Å². The number of carbonyl (C=O) groups is 4. The molecule has 1 aromatic carbocycles. The number of methoxy groups -OCH3 is 1. The van der Waals surface area contributed by atoms with Gasteiger partial charge in [-0.05, 0) is 51.5 Å². The number of Topliss-reactive ketones (excluding diaryl/α,β-unsaturated/α-hetero) is 1. The van der Waals surface area contributed by atoms with Crippen molar-refractivity contribution < 1.29 is 33.0 Å². The maximum atomic E-state index is 13.8. The average molecular weight is 447 g/mol. The second kappa shape index (κ2) is 9.63. The highest BCUT2D eigenvalue weighted by atomic mass is 19.1. The van der Waals surface area contributed by atoms with Gasteiger partial charge in [0.1, 0.15) is 11.4 Å². The molecular weight excluding hydrogens is 421 g/mol. The number of nitrogens with one attached hydrogen (secondary N) is 3. The quantitative estimate of drug-likeness (QED) is 0.454. The van der Waals surface area contributed by atoms with E-state index in [-0.39, 0.29) is 40.5 Å². The number of esters is 1. The molecular formula is C22H26FN3O6. The van der Waals surface area contributed by atoms with Gasteiger partial charge in [-0.15, -0.1) is 0 Å². The lowest BCUT2D eigenvalue weighted by atomic mass is 10.1. The van der Waals surface area contributed by atoms with Gasteiger partial charge in [-0.25, -0.2) is 14.0 Å². The van der Waals surface area contributed by atoms with Crippen molar-refractivity contribution in [2.75, 3.05) is 17.7 Å². The Hall–Kier alpha value is -3.69. The lowest BCUT2D eigenvalue weighted by Crippen LogP contribution is -2.27. The highest BCUT2D eigenvalue weighted by Crippen LogP contribution is 2.25.